The fourth-order valence-corrected chi connectivity index (χ4v) is 1.06. The highest BCUT2D eigenvalue weighted by atomic mass is 16.1. The molecule has 0 amide bonds. The monoisotopic (exact) mass is 180 g/mol. The minimum absolute atomic E-state index is 0.0216. The Kier molecular flexibility index (Phi) is 3.12. The summed E-state index contributed by atoms with van der Waals surface area (Å²) in [6, 6.07) is 5.63. The largest absolute Gasteiger partial charge is 0.369 e. The molecule has 3 heteroatoms. The molecular formula is C10H16N2O. The van der Waals surface area contributed by atoms with E-state index in [9.17, 15) is 4.79 Å². The van der Waals surface area contributed by atoms with Crippen molar-refractivity contribution >= 4 is 5.82 Å². The Balaban J connectivity index is 2.89. The molecule has 1 aromatic rings. The summed E-state index contributed by atoms with van der Waals surface area (Å²) in [5.74, 6) is 0.877. The van der Waals surface area contributed by atoms with Crippen molar-refractivity contribution < 1.29 is 0 Å². The van der Waals surface area contributed by atoms with Crippen LogP contribution >= 0.6 is 0 Å². The van der Waals surface area contributed by atoms with Crippen molar-refractivity contribution in [3.63, 3.8) is 0 Å². The number of aromatic nitrogens is 1. The maximum Gasteiger partial charge on any atom is 0.251 e. The summed E-state index contributed by atoms with van der Waals surface area (Å²) in [5, 5.41) is 3.26. The lowest BCUT2D eigenvalue weighted by Gasteiger charge is -2.15. The molecule has 0 saturated heterocycles. The average molecular weight is 180 g/mol. The molecule has 3 nitrogen and oxygen atoms in total. The molecule has 0 aliphatic carbocycles. The minimum atomic E-state index is 0.0216. The first-order valence-electron chi connectivity index (χ1n) is 4.57. The maximum atomic E-state index is 11.2. The van der Waals surface area contributed by atoms with Crippen LogP contribution in [-0.4, -0.2) is 10.6 Å². The van der Waals surface area contributed by atoms with Gasteiger partial charge in [-0.25, -0.2) is 0 Å². The van der Waals surface area contributed by atoms with Crippen molar-refractivity contribution in [2.75, 3.05) is 5.32 Å². The van der Waals surface area contributed by atoms with Crippen LogP contribution in [0.5, 0.6) is 0 Å². The van der Waals surface area contributed by atoms with E-state index >= 15 is 0 Å². The zero-order valence-electron chi connectivity index (χ0n) is 8.37. The molecule has 0 aliphatic heterocycles. The number of anilines is 1. The molecule has 1 aromatic heterocycles. The molecular weight excluding hydrogens is 164 g/mol. The van der Waals surface area contributed by atoms with Crippen LogP contribution in [0.15, 0.2) is 23.0 Å². The molecule has 0 aromatic carbocycles. The van der Waals surface area contributed by atoms with Gasteiger partial charge < -0.3 is 5.32 Å². The molecule has 1 rings (SSSR count). The summed E-state index contributed by atoms with van der Waals surface area (Å²) < 4.78 is 1.62. The molecule has 13 heavy (non-hydrogen) atoms. The third-order valence-corrected chi connectivity index (χ3v) is 2.19. The summed E-state index contributed by atoms with van der Waals surface area (Å²) in [4.78, 5) is 11.2. The minimum Gasteiger partial charge on any atom is -0.369 e. The molecule has 0 aliphatic rings. The van der Waals surface area contributed by atoms with Gasteiger partial charge in [-0.1, -0.05) is 13.0 Å². The molecule has 0 fully saturated rings. The van der Waals surface area contributed by atoms with Crippen molar-refractivity contribution in [1.82, 2.24) is 4.57 Å². The van der Waals surface area contributed by atoms with Gasteiger partial charge in [0, 0.05) is 19.2 Å². The fourth-order valence-electron chi connectivity index (χ4n) is 1.06. The van der Waals surface area contributed by atoms with Gasteiger partial charge in [0.15, 0.2) is 0 Å². The summed E-state index contributed by atoms with van der Waals surface area (Å²) in [7, 11) is 1.77. The highest BCUT2D eigenvalue weighted by molar-refractivity contribution is 5.35. The molecule has 0 spiro atoms. The lowest BCUT2D eigenvalue weighted by molar-refractivity contribution is 0.738. The van der Waals surface area contributed by atoms with E-state index < -0.39 is 0 Å². The lowest BCUT2D eigenvalue weighted by atomic mass is 10.2. The number of nitrogens with zero attached hydrogens (tertiary/aromatic N) is 1. The Morgan fingerprint density at radius 1 is 1.54 bits per heavy atom. The van der Waals surface area contributed by atoms with Gasteiger partial charge >= 0.3 is 0 Å². The molecule has 1 unspecified atom stereocenters. The predicted molar refractivity (Wildman–Crippen MR) is 55.1 cm³/mol. The van der Waals surface area contributed by atoms with Gasteiger partial charge in [-0.3, -0.25) is 9.36 Å². The predicted octanol–water partition coefficient (Wildman–Crippen LogP) is 1.60. The van der Waals surface area contributed by atoms with Crippen LogP contribution in [0.3, 0.4) is 0 Å². The smallest absolute Gasteiger partial charge is 0.251 e. The van der Waals surface area contributed by atoms with E-state index in [0.717, 1.165) is 12.2 Å². The quantitative estimate of drug-likeness (QED) is 0.766. The van der Waals surface area contributed by atoms with Crippen molar-refractivity contribution in [1.29, 1.82) is 0 Å². The molecule has 0 bridgehead atoms. The first kappa shape index (κ1) is 9.84. The van der Waals surface area contributed by atoms with Crippen LogP contribution in [-0.2, 0) is 7.05 Å². The van der Waals surface area contributed by atoms with Crippen molar-refractivity contribution in [2.24, 2.45) is 7.05 Å². The van der Waals surface area contributed by atoms with E-state index in [0.29, 0.717) is 6.04 Å². The van der Waals surface area contributed by atoms with Crippen LogP contribution in [0, 0.1) is 0 Å². The van der Waals surface area contributed by atoms with Gasteiger partial charge in [-0.15, -0.1) is 0 Å². The number of pyridine rings is 1. The summed E-state index contributed by atoms with van der Waals surface area (Å²) in [6.45, 7) is 4.20. The number of hydrogen-bond acceptors (Lipinski definition) is 2. The van der Waals surface area contributed by atoms with Crippen LogP contribution < -0.4 is 10.9 Å². The Hall–Kier alpha value is -1.25. The highest BCUT2D eigenvalue weighted by Crippen LogP contribution is 2.05. The van der Waals surface area contributed by atoms with Crippen molar-refractivity contribution in [2.45, 2.75) is 26.3 Å². The summed E-state index contributed by atoms with van der Waals surface area (Å²) in [5.41, 5.74) is 0.0216. The Morgan fingerprint density at radius 3 is 2.85 bits per heavy atom. The molecule has 0 radical (unpaired) electrons. The van der Waals surface area contributed by atoms with Gasteiger partial charge in [-0.2, -0.15) is 0 Å². The van der Waals surface area contributed by atoms with Crippen LogP contribution in [0.4, 0.5) is 5.82 Å². The van der Waals surface area contributed by atoms with E-state index in [1.807, 2.05) is 6.07 Å². The summed E-state index contributed by atoms with van der Waals surface area (Å²) in [6.07, 6.45) is 1.04. The molecule has 1 N–H and O–H groups in total. The van der Waals surface area contributed by atoms with E-state index in [1.165, 1.54) is 0 Å². The summed E-state index contributed by atoms with van der Waals surface area (Å²) >= 11 is 0. The third kappa shape index (κ3) is 2.34. The van der Waals surface area contributed by atoms with Crippen LogP contribution in [0.25, 0.3) is 0 Å². The molecule has 0 saturated carbocycles. The topological polar surface area (TPSA) is 34.0 Å². The standard InChI is InChI=1S/C10H16N2O/c1-4-8(2)11-9-6-5-7-10(13)12(9)3/h5-8,11H,4H2,1-3H3. The normalized spacial score (nSPS) is 12.5. The number of hydrogen-bond donors (Lipinski definition) is 1. The first-order chi connectivity index (χ1) is 6.15. The SMILES string of the molecule is CCC(C)Nc1cccc(=O)n1C. The van der Waals surface area contributed by atoms with Gasteiger partial charge in [0.2, 0.25) is 0 Å². The van der Waals surface area contributed by atoms with Crippen molar-refractivity contribution in [3.05, 3.63) is 28.6 Å². The van der Waals surface area contributed by atoms with Gasteiger partial charge in [-0.05, 0) is 19.4 Å². The zero-order valence-corrected chi connectivity index (χ0v) is 8.37. The lowest BCUT2D eigenvalue weighted by Crippen LogP contribution is -2.23. The zero-order chi connectivity index (χ0) is 9.84. The second kappa shape index (κ2) is 4.12. The van der Waals surface area contributed by atoms with E-state index in [1.54, 1.807) is 23.7 Å². The van der Waals surface area contributed by atoms with E-state index in [4.69, 9.17) is 0 Å². The number of rotatable bonds is 3. The Bertz CT molecular complexity index is 330. The van der Waals surface area contributed by atoms with Crippen LogP contribution in [0.1, 0.15) is 20.3 Å². The fraction of sp³-hybridized carbons (Fsp3) is 0.500. The van der Waals surface area contributed by atoms with Gasteiger partial charge in [0.25, 0.3) is 5.56 Å². The van der Waals surface area contributed by atoms with E-state index in [-0.39, 0.29) is 5.56 Å². The van der Waals surface area contributed by atoms with Crippen molar-refractivity contribution in [3.8, 4) is 0 Å². The average Bonchev–Trinajstić information content (AvgIpc) is 2.13. The van der Waals surface area contributed by atoms with Gasteiger partial charge in [0.1, 0.15) is 5.82 Å². The van der Waals surface area contributed by atoms with E-state index in [2.05, 4.69) is 19.2 Å². The van der Waals surface area contributed by atoms with Gasteiger partial charge in [0.05, 0.1) is 0 Å². The third-order valence-electron chi connectivity index (χ3n) is 2.19. The molecule has 1 atom stereocenters. The first-order valence-corrected chi connectivity index (χ1v) is 4.57. The maximum absolute atomic E-state index is 11.2. The Labute approximate surface area is 78.4 Å². The second-order valence-electron chi connectivity index (χ2n) is 3.26. The number of nitrogens with one attached hydrogen (secondary N) is 1. The molecule has 1 heterocycles. The highest BCUT2D eigenvalue weighted by Gasteiger charge is 2.01. The Morgan fingerprint density at radius 2 is 2.23 bits per heavy atom. The van der Waals surface area contributed by atoms with Crippen LogP contribution in [0.2, 0.25) is 0 Å². The second-order valence-corrected chi connectivity index (χ2v) is 3.26. The molecule has 72 valence electrons.